The van der Waals surface area contributed by atoms with E-state index < -0.39 is 10.0 Å². The fourth-order valence-electron chi connectivity index (χ4n) is 3.14. The number of nitrogens with zero attached hydrogens (tertiary/aromatic N) is 1. The Bertz CT molecular complexity index is 376. The summed E-state index contributed by atoms with van der Waals surface area (Å²) in [7, 11) is -3.06. The Morgan fingerprint density at radius 2 is 1.94 bits per heavy atom. The van der Waals surface area contributed by atoms with Crippen LogP contribution in [0.1, 0.15) is 45.4 Å². The average Bonchev–Trinajstić information content (AvgIpc) is 2.74. The van der Waals surface area contributed by atoms with Crippen LogP contribution in [0, 0.1) is 11.3 Å². The summed E-state index contributed by atoms with van der Waals surface area (Å²) >= 11 is 0. The zero-order chi connectivity index (χ0) is 13.2. The topological polar surface area (TPSA) is 63.4 Å². The number of rotatable bonds is 4. The van der Waals surface area contributed by atoms with Crippen LogP contribution in [0.25, 0.3) is 0 Å². The van der Waals surface area contributed by atoms with E-state index >= 15 is 0 Å². The van der Waals surface area contributed by atoms with E-state index in [0.29, 0.717) is 31.3 Å². The van der Waals surface area contributed by atoms with Gasteiger partial charge in [0.15, 0.2) is 0 Å². The maximum Gasteiger partial charge on any atom is 0.214 e. The molecule has 1 heterocycles. The molecule has 2 N–H and O–H groups in total. The zero-order valence-corrected chi connectivity index (χ0v) is 12.2. The molecule has 2 rings (SSSR count). The lowest BCUT2D eigenvalue weighted by Gasteiger charge is -2.26. The number of hydrogen-bond donors (Lipinski definition) is 1. The first-order chi connectivity index (χ1) is 8.45. The van der Waals surface area contributed by atoms with E-state index in [2.05, 4.69) is 6.92 Å². The van der Waals surface area contributed by atoms with E-state index in [1.54, 1.807) is 4.31 Å². The molecular formula is C13H26N2O2S. The summed E-state index contributed by atoms with van der Waals surface area (Å²) in [6.45, 7) is 3.92. The largest absolute Gasteiger partial charge is 0.330 e. The molecule has 0 bridgehead atoms. The van der Waals surface area contributed by atoms with Gasteiger partial charge in [0.05, 0.1) is 5.75 Å². The third-order valence-corrected chi connectivity index (χ3v) is 6.57. The van der Waals surface area contributed by atoms with E-state index in [0.717, 1.165) is 19.3 Å². The summed E-state index contributed by atoms with van der Waals surface area (Å²) in [5.74, 6) is 0.738. The lowest BCUT2D eigenvalue weighted by atomic mass is 9.90. The monoisotopic (exact) mass is 274 g/mol. The average molecular weight is 274 g/mol. The predicted molar refractivity (Wildman–Crippen MR) is 73.7 cm³/mol. The minimum absolute atomic E-state index is 0.0143. The van der Waals surface area contributed by atoms with E-state index in [1.807, 2.05) is 0 Å². The van der Waals surface area contributed by atoms with Gasteiger partial charge < -0.3 is 5.73 Å². The van der Waals surface area contributed by atoms with Crippen molar-refractivity contribution in [2.24, 2.45) is 17.1 Å². The van der Waals surface area contributed by atoms with Crippen molar-refractivity contribution in [3.8, 4) is 0 Å². The Kier molecular flexibility index (Phi) is 4.34. The van der Waals surface area contributed by atoms with Crippen LogP contribution in [0.5, 0.6) is 0 Å². The van der Waals surface area contributed by atoms with E-state index in [4.69, 9.17) is 5.73 Å². The molecule has 1 saturated heterocycles. The van der Waals surface area contributed by atoms with Gasteiger partial charge in [-0.25, -0.2) is 12.7 Å². The Balaban J connectivity index is 1.95. The first-order valence-electron chi connectivity index (χ1n) is 7.13. The molecule has 0 aromatic carbocycles. The molecule has 1 atom stereocenters. The van der Waals surface area contributed by atoms with Crippen molar-refractivity contribution in [1.82, 2.24) is 4.31 Å². The fourth-order valence-corrected chi connectivity index (χ4v) is 5.16. The number of nitrogens with two attached hydrogens (primary N) is 1. The molecule has 0 spiro atoms. The van der Waals surface area contributed by atoms with E-state index in [-0.39, 0.29) is 5.41 Å². The van der Waals surface area contributed by atoms with Crippen molar-refractivity contribution in [2.75, 3.05) is 25.4 Å². The standard InChI is InChI=1S/C13H26N2O2S/c1-13(10-14)7-8-15(11-13)18(16,17)9-12-5-3-2-4-6-12/h12H,2-11,14H2,1H3. The molecule has 1 unspecified atom stereocenters. The second kappa shape index (κ2) is 5.47. The third kappa shape index (κ3) is 3.25. The summed E-state index contributed by atoms with van der Waals surface area (Å²) in [5.41, 5.74) is 5.72. The molecule has 2 aliphatic rings. The summed E-state index contributed by atoms with van der Waals surface area (Å²) in [6.07, 6.45) is 6.72. The summed E-state index contributed by atoms with van der Waals surface area (Å²) in [4.78, 5) is 0. The minimum Gasteiger partial charge on any atom is -0.330 e. The third-order valence-electron chi connectivity index (χ3n) is 4.58. The van der Waals surface area contributed by atoms with Crippen LogP contribution in [-0.4, -0.2) is 38.1 Å². The van der Waals surface area contributed by atoms with Crippen molar-refractivity contribution in [3.05, 3.63) is 0 Å². The Morgan fingerprint density at radius 3 is 2.50 bits per heavy atom. The van der Waals surface area contributed by atoms with Crippen LogP contribution < -0.4 is 5.73 Å². The maximum atomic E-state index is 12.4. The van der Waals surface area contributed by atoms with Crippen LogP contribution in [0.2, 0.25) is 0 Å². The van der Waals surface area contributed by atoms with Crippen molar-refractivity contribution < 1.29 is 8.42 Å². The predicted octanol–water partition coefficient (Wildman–Crippen LogP) is 1.57. The van der Waals surface area contributed by atoms with Gasteiger partial charge in [-0.1, -0.05) is 26.2 Å². The van der Waals surface area contributed by atoms with Gasteiger partial charge in [-0.15, -0.1) is 0 Å². The Hall–Kier alpha value is -0.130. The van der Waals surface area contributed by atoms with Crippen LogP contribution in [-0.2, 0) is 10.0 Å². The highest BCUT2D eigenvalue weighted by atomic mass is 32.2. The molecule has 1 aliphatic heterocycles. The Morgan fingerprint density at radius 1 is 1.28 bits per heavy atom. The lowest BCUT2D eigenvalue weighted by Crippen LogP contribution is -2.37. The van der Waals surface area contributed by atoms with Gasteiger partial charge in [0.2, 0.25) is 10.0 Å². The van der Waals surface area contributed by atoms with E-state index in [9.17, 15) is 8.42 Å². The molecule has 0 radical (unpaired) electrons. The van der Waals surface area contributed by atoms with Crippen molar-refractivity contribution in [3.63, 3.8) is 0 Å². The second-order valence-corrected chi connectivity index (χ2v) is 8.39. The summed E-state index contributed by atoms with van der Waals surface area (Å²) in [5, 5.41) is 0. The van der Waals surface area contributed by atoms with Gasteiger partial charge in [-0.2, -0.15) is 0 Å². The summed E-state index contributed by atoms with van der Waals surface area (Å²) < 4.78 is 26.5. The lowest BCUT2D eigenvalue weighted by molar-refractivity contribution is 0.343. The van der Waals surface area contributed by atoms with Crippen molar-refractivity contribution in [2.45, 2.75) is 45.4 Å². The SMILES string of the molecule is CC1(CN)CCN(S(=O)(=O)CC2CCCCC2)C1. The fraction of sp³-hybridized carbons (Fsp3) is 1.00. The molecule has 18 heavy (non-hydrogen) atoms. The quantitative estimate of drug-likeness (QED) is 0.846. The van der Waals surface area contributed by atoms with Crippen LogP contribution in [0.4, 0.5) is 0 Å². The summed E-state index contributed by atoms with van der Waals surface area (Å²) in [6, 6.07) is 0. The molecule has 0 aromatic rings. The molecule has 0 amide bonds. The zero-order valence-electron chi connectivity index (χ0n) is 11.4. The number of sulfonamides is 1. The molecule has 4 nitrogen and oxygen atoms in total. The highest BCUT2D eigenvalue weighted by Gasteiger charge is 2.39. The molecule has 5 heteroatoms. The molecular weight excluding hydrogens is 248 g/mol. The van der Waals surface area contributed by atoms with Gasteiger partial charge in [-0.3, -0.25) is 0 Å². The Labute approximate surface area is 111 Å². The number of hydrogen-bond acceptors (Lipinski definition) is 3. The molecule has 106 valence electrons. The highest BCUT2D eigenvalue weighted by Crippen LogP contribution is 2.32. The van der Waals surface area contributed by atoms with Crippen molar-refractivity contribution >= 4 is 10.0 Å². The maximum absolute atomic E-state index is 12.4. The second-order valence-electron chi connectivity index (χ2n) is 6.38. The van der Waals surface area contributed by atoms with Crippen LogP contribution in [0.3, 0.4) is 0 Å². The molecule has 0 aromatic heterocycles. The minimum atomic E-state index is -3.06. The van der Waals surface area contributed by atoms with Gasteiger partial charge in [0, 0.05) is 13.1 Å². The normalized spacial score (nSPS) is 31.9. The molecule has 2 fully saturated rings. The molecule has 1 saturated carbocycles. The van der Waals surface area contributed by atoms with Crippen LogP contribution >= 0.6 is 0 Å². The van der Waals surface area contributed by atoms with Gasteiger partial charge >= 0.3 is 0 Å². The van der Waals surface area contributed by atoms with Gasteiger partial charge in [-0.05, 0) is 37.1 Å². The van der Waals surface area contributed by atoms with Gasteiger partial charge in [0.1, 0.15) is 0 Å². The first kappa shape index (κ1) is 14.3. The van der Waals surface area contributed by atoms with Crippen molar-refractivity contribution in [1.29, 1.82) is 0 Å². The van der Waals surface area contributed by atoms with Crippen LogP contribution in [0.15, 0.2) is 0 Å². The highest BCUT2D eigenvalue weighted by molar-refractivity contribution is 7.89. The van der Waals surface area contributed by atoms with Gasteiger partial charge in [0.25, 0.3) is 0 Å². The smallest absolute Gasteiger partial charge is 0.214 e. The first-order valence-corrected chi connectivity index (χ1v) is 8.74. The van der Waals surface area contributed by atoms with E-state index in [1.165, 1.54) is 19.3 Å². The molecule has 1 aliphatic carbocycles.